The fourth-order valence-electron chi connectivity index (χ4n) is 2.52. The Hall–Kier alpha value is -1.22. The summed E-state index contributed by atoms with van der Waals surface area (Å²) in [5.74, 6) is 0.865. The van der Waals surface area contributed by atoms with Crippen molar-refractivity contribution in [3.8, 4) is 5.75 Å². The van der Waals surface area contributed by atoms with Crippen molar-refractivity contribution in [3.63, 3.8) is 0 Å². The lowest BCUT2D eigenvalue weighted by molar-refractivity contribution is 0.103. The van der Waals surface area contributed by atoms with E-state index in [1.54, 1.807) is 12.1 Å². The maximum Gasteiger partial charge on any atom is 0.152 e. The Morgan fingerprint density at radius 3 is 2.68 bits per heavy atom. The van der Waals surface area contributed by atoms with E-state index in [1.165, 1.54) is 0 Å². The van der Waals surface area contributed by atoms with Gasteiger partial charge in [0.15, 0.2) is 5.60 Å². The SMILES string of the molecule is NCC1(c2cc(Cl)ccc2Cl)Cc2ccccc2O1. The van der Waals surface area contributed by atoms with E-state index in [0.717, 1.165) is 16.9 Å². The van der Waals surface area contributed by atoms with Crippen LogP contribution in [0.2, 0.25) is 10.0 Å². The molecule has 0 fully saturated rings. The van der Waals surface area contributed by atoms with Crippen LogP contribution in [0.1, 0.15) is 11.1 Å². The molecule has 1 aliphatic heterocycles. The van der Waals surface area contributed by atoms with Crippen molar-refractivity contribution in [1.82, 2.24) is 0 Å². The van der Waals surface area contributed by atoms with Gasteiger partial charge >= 0.3 is 0 Å². The van der Waals surface area contributed by atoms with Crippen LogP contribution >= 0.6 is 23.2 Å². The van der Waals surface area contributed by atoms with Crippen LogP contribution in [0.25, 0.3) is 0 Å². The molecule has 0 bridgehead atoms. The fraction of sp³-hybridized carbons (Fsp3) is 0.200. The van der Waals surface area contributed by atoms with Crippen molar-refractivity contribution in [2.24, 2.45) is 5.73 Å². The Morgan fingerprint density at radius 2 is 1.95 bits per heavy atom. The second kappa shape index (κ2) is 4.71. The number of fused-ring (bicyclic) bond motifs is 1. The summed E-state index contributed by atoms with van der Waals surface area (Å²) in [5, 5.41) is 1.26. The second-order valence-corrected chi connectivity index (χ2v) is 5.55. The van der Waals surface area contributed by atoms with Crippen molar-refractivity contribution in [1.29, 1.82) is 0 Å². The maximum atomic E-state index is 6.29. The molecule has 1 unspecified atom stereocenters. The third kappa shape index (κ3) is 2.10. The van der Waals surface area contributed by atoms with Gasteiger partial charge in [0.25, 0.3) is 0 Å². The molecule has 0 amide bonds. The monoisotopic (exact) mass is 293 g/mol. The van der Waals surface area contributed by atoms with Crippen molar-refractivity contribution in [2.45, 2.75) is 12.0 Å². The molecule has 0 radical (unpaired) electrons. The summed E-state index contributed by atoms with van der Waals surface area (Å²) < 4.78 is 6.10. The molecule has 98 valence electrons. The van der Waals surface area contributed by atoms with Gasteiger partial charge in [0.05, 0.1) is 0 Å². The first-order valence-corrected chi connectivity index (χ1v) is 6.83. The van der Waals surface area contributed by atoms with E-state index in [4.69, 9.17) is 33.7 Å². The van der Waals surface area contributed by atoms with Crippen LogP contribution in [0.5, 0.6) is 5.75 Å². The van der Waals surface area contributed by atoms with Gasteiger partial charge in [0.1, 0.15) is 5.75 Å². The molecule has 2 nitrogen and oxygen atoms in total. The standard InChI is InChI=1S/C15H13Cl2NO/c16-11-5-6-13(17)12(7-11)15(9-18)8-10-3-1-2-4-14(10)19-15/h1-7H,8-9,18H2. The zero-order chi connectivity index (χ0) is 13.5. The van der Waals surface area contributed by atoms with Crippen LogP contribution < -0.4 is 10.5 Å². The normalized spacial score (nSPS) is 21.0. The van der Waals surface area contributed by atoms with Gasteiger partial charge in [-0.25, -0.2) is 0 Å². The fourth-order valence-corrected chi connectivity index (χ4v) is 2.99. The summed E-state index contributed by atoms with van der Waals surface area (Å²) in [6, 6.07) is 13.3. The largest absolute Gasteiger partial charge is 0.481 e. The van der Waals surface area contributed by atoms with Gasteiger partial charge in [-0.15, -0.1) is 0 Å². The lowest BCUT2D eigenvalue weighted by atomic mass is 9.89. The number of benzene rings is 2. The summed E-state index contributed by atoms with van der Waals surface area (Å²) in [4.78, 5) is 0. The molecule has 0 saturated heterocycles. The minimum atomic E-state index is -0.619. The van der Waals surface area contributed by atoms with Gasteiger partial charge in [-0.3, -0.25) is 0 Å². The first-order valence-electron chi connectivity index (χ1n) is 6.07. The first kappa shape index (κ1) is 12.8. The Morgan fingerprint density at radius 1 is 1.16 bits per heavy atom. The lowest BCUT2D eigenvalue weighted by Gasteiger charge is -2.29. The van der Waals surface area contributed by atoms with Gasteiger partial charge in [0, 0.05) is 28.6 Å². The van der Waals surface area contributed by atoms with E-state index in [9.17, 15) is 0 Å². The molecule has 1 atom stereocenters. The van der Waals surface area contributed by atoms with Crippen LogP contribution in [0.15, 0.2) is 42.5 Å². The highest BCUT2D eigenvalue weighted by molar-refractivity contribution is 6.33. The van der Waals surface area contributed by atoms with Gasteiger partial charge in [-0.05, 0) is 29.8 Å². The zero-order valence-electron chi connectivity index (χ0n) is 10.2. The molecule has 0 saturated carbocycles. The summed E-state index contributed by atoms with van der Waals surface area (Å²) >= 11 is 12.4. The Bertz CT molecular complexity index is 602. The lowest BCUT2D eigenvalue weighted by Crippen LogP contribution is -2.39. The predicted octanol–water partition coefficient (Wildman–Crippen LogP) is 3.78. The molecule has 0 aromatic heterocycles. The second-order valence-electron chi connectivity index (χ2n) is 4.71. The number of hydrogen-bond acceptors (Lipinski definition) is 2. The average molecular weight is 294 g/mol. The van der Waals surface area contributed by atoms with Gasteiger partial charge < -0.3 is 10.5 Å². The van der Waals surface area contributed by atoms with Crippen LogP contribution in [0.4, 0.5) is 0 Å². The number of ether oxygens (including phenoxy) is 1. The van der Waals surface area contributed by atoms with Crippen LogP contribution in [-0.2, 0) is 12.0 Å². The minimum Gasteiger partial charge on any atom is -0.481 e. The van der Waals surface area contributed by atoms with E-state index in [1.807, 2.05) is 30.3 Å². The molecule has 2 aromatic carbocycles. The number of rotatable bonds is 2. The number of hydrogen-bond donors (Lipinski definition) is 1. The molecule has 3 rings (SSSR count). The summed E-state index contributed by atoms with van der Waals surface area (Å²) in [6.45, 7) is 0.349. The first-order chi connectivity index (χ1) is 9.14. The summed E-state index contributed by atoms with van der Waals surface area (Å²) in [7, 11) is 0. The number of halogens is 2. The van der Waals surface area contributed by atoms with Crippen molar-refractivity contribution in [3.05, 3.63) is 63.6 Å². The van der Waals surface area contributed by atoms with E-state index < -0.39 is 5.60 Å². The van der Waals surface area contributed by atoms with Crippen LogP contribution in [-0.4, -0.2) is 6.54 Å². The van der Waals surface area contributed by atoms with E-state index in [2.05, 4.69) is 0 Å². The van der Waals surface area contributed by atoms with E-state index >= 15 is 0 Å². The third-order valence-electron chi connectivity index (χ3n) is 3.50. The smallest absolute Gasteiger partial charge is 0.152 e. The van der Waals surface area contributed by atoms with Crippen molar-refractivity contribution >= 4 is 23.2 Å². The molecular formula is C15H13Cl2NO. The highest BCUT2D eigenvalue weighted by atomic mass is 35.5. The molecule has 2 N–H and O–H groups in total. The van der Waals surface area contributed by atoms with Crippen molar-refractivity contribution in [2.75, 3.05) is 6.54 Å². The molecule has 0 spiro atoms. The molecule has 0 aliphatic carbocycles. The predicted molar refractivity (Wildman–Crippen MR) is 78.0 cm³/mol. The van der Waals surface area contributed by atoms with Crippen LogP contribution in [0.3, 0.4) is 0 Å². The van der Waals surface area contributed by atoms with Crippen LogP contribution in [0, 0.1) is 0 Å². The quantitative estimate of drug-likeness (QED) is 0.914. The van der Waals surface area contributed by atoms with Gasteiger partial charge in [0.2, 0.25) is 0 Å². The van der Waals surface area contributed by atoms with E-state index in [0.29, 0.717) is 23.0 Å². The summed E-state index contributed by atoms with van der Waals surface area (Å²) in [5.41, 5.74) is 7.34. The minimum absolute atomic E-state index is 0.349. The Balaban J connectivity index is 2.10. The Labute approximate surface area is 122 Å². The van der Waals surface area contributed by atoms with E-state index in [-0.39, 0.29) is 0 Å². The highest BCUT2D eigenvalue weighted by Gasteiger charge is 2.41. The third-order valence-corrected chi connectivity index (χ3v) is 4.07. The number of nitrogens with two attached hydrogens (primary N) is 1. The maximum absolute atomic E-state index is 6.29. The molecule has 2 aromatic rings. The topological polar surface area (TPSA) is 35.2 Å². The van der Waals surface area contributed by atoms with Gasteiger partial charge in [-0.2, -0.15) is 0 Å². The molecule has 19 heavy (non-hydrogen) atoms. The highest BCUT2D eigenvalue weighted by Crippen LogP contribution is 2.43. The van der Waals surface area contributed by atoms with Gasteiger partial charge in [-0.1, -0.05) is 41.4 Å². The molecule has 1 aliphatic rings. The Kier molecular flexibility index (Phi) is 3.17. The average Bonchev–Trinajstić information content (AvgIpc) is 2.81. The molecule has 4 heteroatoms. The summed E-state index contributed by atoms with van der Waals surface area (Å²) in [6.07, 6.45) is 0.708. The van der Waals surface area contributed by atoms with Crippen molar-refractivity contribution < 1.29 is 4.74 Å². The number of para-hydroxylation sites is 1. The molecular weight excluding hydrogens is 281 g/mol. The molecule has 1 heterocycles. The zero-order valence-corrected chi connectivity index (χ0v) is 11.7.